The summed E-state index contributed by atoms with van der Waals surface area (Å²) >= 11 is 0. The van der Waals surface area contributed by atoms with Crippen molar-refractivity contribution in [2.24, 2.45) is 0 Å². The number of nitrogens with zero attached hydrogens (tertiary/aromatic N) is 4. The molecule has 156 valence electrons. The summed E-state index contributed by atoms with van der Waals surface area (Å²) in [4.78, 5) is 25.1. The van der Waals surface area contributed by atoms with E-state index in [-0.39, 0.29) is 4.90 Å². The number of carbonyl (C=O) groups excluding carboxylic acids is 1. The molecule has 0 saturated carbocycles. The van der Waals surface area contributed by atoms with Gasteiger partial charge in [0.25, 0.3) is 10.0 Å². The number of nitrogens with one attached hydrogen (secondary N) is 1. The van der Waals surface area contributed by atoms with Gasteiger partial charge < -0.3 is 9.80 Å². The number of carbonyl (C=O) groups is 1. The standard InChI is InChI=1S/C20H27N5O3S/c1-3-5-17-14-21-19(22-15-17)24-10-4-11-25(13-12-24)20(26)23-29(27,28)18-8-6-16(2)7-9-18/h6-9,14-15H,3-5,10-13H2,1-2H3,(H,23,26). The van der Waals surface area contributed by atoms with Crippen LogP contribution in [0.2, 0.25) is 0 Å². The van der Waals surface area contributed by atoms with Crippen LogP contribution in [-0.4, -0.2) is 55.5 Å². The molecule has 0 bridgehead atoms. The molecule has 29 heavy (non-hydrogen) atoms. The highest BCUT2D eigenvalue weighted by atomic mass is 32.2. The Balaban J connectivity index is 1.61. The van der Waals surface area contributed by atoms with E-state index in [0.29, 0.717) is 38.5 Å². The third-order valence-corrected chi connectivity index (χ3v) is 6.19. The number of hydrogen-bond acceptors (Lipinski definition) is 6. The molecule has 1 aliphatic heterocycles. The number of urea groups is 1. The molecule has 1 saturated heterocycles. The maximum atomic E-state index is 12.6. The Morgan fingerprint density at radius 3 is 2.41 bits per heavy atom. The van der Waals surface area contributed by atoms with Gasteiger partial charge in [-0.3, -0.25) is 0 Å². The lowest BCUT2D eigenvalue weighted by Crippen LogP contribution is -2.44. The molecule has 9 heteroatoms. The zero-order valence-corrected chi connectivity index (χ0v) is 17.7. The van der Waals surface area contributed by atoms with E-state index in [1.165, 1.54) is 17.0 Å². The van der Waals surface area contributed by atoms with Crippen LogP contribution < -0.4 is 9.62 Å². The topological polar surface area (TPSA) is 95.5 Å². The van der Waals surface area contributed by atoms with Gasteiger partial charge in [-0.25, -0.2) is 27.9 Å². The van der Waals surface area contributed by atoms with E-state index in [4.69, 9.17) is 0 Å². The van der Waals surface area contributed by atoms with Gasteiger partial charge in [0.15, 0.2) is 0 Å². The lowest BCUT2D eigenvalue weighted by atomic mass is 10.2. The van der Waals surface area contributed by atoms with Gasteiger partial charge in [0.05, 0.1) is 4.90 Å². The Morgan fingerprint density at radius 2 is 1.76 bits per heavy atom. The van der Waals surface area contributed by atoms with Crippen molar-refractivity contribution >= 4 is 22.0 Å². The second kappa shape index (κ2) is 9.21. The number of sulfonamides is 1. The van der Waals surface area contributed by atoms with E-state index in [1.54, 1.807) is 12.1 Å². The summed E-state index contributed by atoms with van der Waals surface area (Å²) in [6, 6.07) is 5.79. The normalized spacial score (nSPS) is 15.1. The van der Waals surface area contributed by atoms with Crippen molar-refractivity contribution in [1.82, 2.24) is 19.6 Å². The highest BCUT2D eigenvalue weighted by Gasteiger charge is 2.24. The van der Waals surface area contributed by atoms with E-state index in [9.17, 15) is 13.2 Å². The summed E-state index contributed by atoms with van der Waals surface area (Å²) in [6.45, 7) is 6.11. The maximum Gasteiger partial charge on any atom is 0.331 e. The van der Waals surface area contributed by atoms with Crippen molar-refractivity contribution in [3.63, 3.8) is 0 Å². The molecule has 0 aliphatic carbocycles. The predicted molar refractivity (Wildman–Crippen MR) is 111 cm³/mol. The average molecular weight is 418 g/mol. The summed E-state index contributed by atoms with van der Waals surface area (Å²) < 4.78 is 27.1. The highest BCUT2D eigenvalue weighted by molar-refractivity contribution is 7.90. The van der Waals surface area contributed by atoms with Crippen molar-refractivity contribution < 1.29 is 13.2 Å². The summed E-state index contributed by atoms with van der Waals surface area (Å²) in [5.74, 6) is 0.638. The van der Waals surface area contributed by atoms with Crippen LogP contribution in [0.3, 0.4) is 0 Å². The first-order chi connectivity index (χ1) is 13.9. The minimum atomic E-state index is -3.89. The van der Waals surface area contributed by atoms with E-state index in [1.807, 2.05) is 24.2 Å². The third kappa shape index (κ3) is 5.44. The molecule has 0 atom stereocenters. The second-order valence-corrected chi connectivity index (χ2v) is 8.88. The van der Waals surface area contributed by atoms with Crippen LogP contribution in [0.5, 0.6) is 0 Å². The minimum Gasteiger partial charge on any atom is -0.339 e. The monoisotopic (exact) mass is 417 g/mol. The number of aryl methyl sites for hydroxylation is 2. The smallest absolute Gasteiger partial charge is 0.331 e. The zero-order chi connectivity index (χ0) is 20.9. The molecule has 1 N–H and O–H groups in total. The number of benzene rings is 1. The van der Waals surface area contributed by atoms with Gasteiger partial charge in [-0.05, 0) is 37.5 Å². The summed E-state index contributed by atoms with van der Waals surface area (Å²) in [5.41, 5.74) is 2.06. The minimum absolute atomic E-state index is 0.0773. The van der Waals surface area contributed by atoms with Crippen LogP contribution in [0.4, 0.5) is 10.7 Å². The van der Waals surface area contributed by atoms with Crippen molar-refractivity contribution in [3.8, 4) is 0 Å². The Bertz CT molecular complexity index is 930. The molecule has 1 aromatic heterocycles. The van der Waals surface area contributed by atoms with Gasteiger partial charge in [0, 0.05) is 38.6 Å². The van der Waals surface area contributed by atoms with Gasteiger partial charge in [-0.2, -0.15) is 0 Å². The highest BCUT2D eigenvalue weighted by Crippen LogP contribution is 2.14. The summed E-state index contributed by atoms with van der Waals surface area (Å²) in [5, 5.41) is 0. The van der Waals surface area contributed by atoms with E-state index >= 15 is 0 Å². The fourth-order valence-electron chi connectivity index (χ4n) is 3.21. The Hall–Kier alpha value is -2.68. The zero-order valence-electron chi connectivity index (χ0n) is 16.8. The molecule has 0 radical (unpaired) electrons. The lowest BCUT2D eigenvalue weighted by molar-refractivity contribution is 0.207. The van der Waals surface area contributed by atoms with Gasteiger partial charge in [-0.15, -0.1) is 0 Å². The molecule has 2 amide bonds. The van der Waals surface area contributed by atoms with Gasteiger partial charge in [0.2, 0.25) is 5.95 Å². The van der Waals surface area contributed by atoms with E-state index in [0.717, 1.165) is 24.0 Å². The molecule has 1 fully saturated rings. The van der Waals surface area contributed by atoms with Crippen LogP contribution in [0.15, 0.2) is 41.6 Å². The largest absolute Gasteiger partial charge is 0.339 e. The van der Waals surface area contributed by atoms with Crippen LogP contribution in [0, 0.1) is 6.92 Å². The Kier molecular flexibility index (Phi) is 6.68. The molecule has 8 nitrogen and oxygen atoms in total. The van der Waals surface area contributed by atoms with Crippen LogP contribution >= 0.6 is 0 Å². The first-order valence-corrected chi connectivity index (χ1v) is 11.3. The van der Waals surface area contributed by atoms with E-state index < -0.39 is 16.1 Å². The van der Waals surface area contributed by atoms with Crippen molar-refractivity contribution in [3.05, 3.63) is 47.8 Å². The molecule has 3 rings (SSSR count). The Morgan fingerprint density at radius 1 is 1.07 bits per heavy atom. The van der Waals surface area contributed by atoms with Crippen LogP contribution in [-0.2, 0) is 16.4 Å². The molecule has 2 aromatic rings. The number of rotatable bonds is 5. The first kappa shape index (κ1) is 21.0. The number of amides is 2. The summed E-state index contributed by atoms with van der Waals surface area (Å²) in [6.07, 6.45) is 6.38. The summed E-state index contributed by atoms with van der Waals surface area (Å²) in [7, 11) is -3.89. The fraction of sp³-hybridized carbons (Fsp3) is 0.450. The van der Waals surface area contributed by atoms with E-state index in [2.05, 4.69) is 21.6 Å². The third-order valence-electron chi connectivity index (χ3n) is 4.85. The number of anilines is 1. The van der Waals surface area contributed by atoms with Gasteiger partial charge in [0.1, 0.15) is 0 Å². The lowest BCUT2D eigenvalue weighted by Gasteiger charge is -2.22. The molecule has 1 aromatic carbocycles. The Labute approximate surface area is 172 Å². The SMILES string of the molecule is CCCc1cnc(N2CCCN(C(=O)NS(=O)(=O)c3ccc(C)cc3)CC2)nc1. The number of hydrogen-bond donors (Lipinski definition) is 1. The molecular formula is C20H27N5O3S. The quantitative estimate of drug-likeness (QED) is 0.802. The van der Waals surface area contributed by atoms with Crippen LogP contribution in [0.25, 0.3) is 0 Å². The van der Waals surface area contributed by atoms with Gasteiger partial charge in [-0.1, -0.05) is 31.0 Å². The molecular weight excluding hydrogens is 390 g/mol. The van der Waals surface area contributed by atoms with Crippen molar-refractivity contribution in [2.75, 3.05) is 31.1 Å². The molecule has 1 aliphatic rings. The van der Waals surface area contributed by atoms with Crippen LogP contribution in [0.1, 0.15) is 30.9 Å². The molecule has 0 unspecified atom stereocenters. The second-order valence-electron chi connectivity index (χ2n) is 7.19. The fourth-order valence-corrected chi connectivity index (χ4v) is 4.18. The maximum absolute atomic E-state index is 12.6. The van der Waals surface area contributed by atoms with Gasteiger partial charge >= 0.3 is 6.03 Å². The van der Waals surface area contributed by atoms with Crippen molar-refractivity contribution in [1.29, 1.82) is 0 Å². The average Bonchev–Trinajstić information content (AvgIpc) is 2.95. The predicted octanol–water partition coefficient (Wildman–Crippen LogP) is 2.35. The molecule has 2 heterocycles. The van der Waals surface area contributed by atoms with Crippen molar-refractivity contribution in [2.45, 2.75) is 38.0 Å². The first-order valence-electron chi connectivity index (χ1n) is 9.83. The number of aromatic nitrogens is 2. The molecule has 0 spiro atoms.